The Labute approximate surface area is 163 Å². The summed E-state index contributed by atoms with van der Waals surface area (Å²) in [4.78, 5) is 24.7. The number of hydrogen-bond acceptors (Lipinski definition) is 4. The lowest BCUT2D eigenvalue weighted by molar-refractivity contribution is -0.123. The van der Waals surface area contributed by atoms with Gasteiger partial charge in [-0.3, -0.25) is 9.59 Å². The van der Waals surface area contributed by atoms with E-state index in [1.165, 1.54) is 24.4 Å². The number of methoxy groups -OCH3 is 1. The molecule has 0 saturated heterocycles. The summed E-state index contributed by atoms with van der Waals surface area (Å²) in [5.41, 5.74) is 4.04. The number of ether oxygens (including phenoxy) is 1. The van der Waals surface area contributed by atoms with Crippen LogP contribution in [0.1, 0.15) is 35.3 Å². The zero-order valence-electron chi connectivity index (χ0n) is 16.3. The molecule has 0 saturated carbocycles. The molecule has 1 atom stereocenters. The number of rotatable bonds is 7. The molecule has 0 fully saturated rings. The van der Waals surface area contributed by atoms with Crippen molar-refractivity contribution in [1.82, 2.24) is 10.7 Å². The van der Waals surface area contributed by atoms with E-state index in [1.54, 1.807) is 33.1 Å². The second-order valence-electron chi connectivity index (χ2n) is 6.64. The molecule has 28 heavy (non-hydrogen) atoms. The van der Waals surface area contributed by atoms with Gasteiger partial charge in [0.05, 0.1) is 18.9 Å². The highest BCUT2D eigenvalue weighted by Gasteiger charge is 2.25. The lowest BCUT2D eigenvalue weighted by Crippen LogP contribution is -2.48. The Morgan fingerprint density at radius 1 is 1.18 bits per heavy atom. The predicted molar refractivity (Wildman–Crippen MR) is 106 cm³/mol. The van der Waals surface area contributed by atoms with Crippen LogP contribution in [-0.4, -0.2) is 31.2 Å². The van der Waals surface area contributed by atoms with E-state index in [2.05, 4.69) is 15.8 Å². The minimum Gasteiger partial charge on any atom is -0.496 e. The molecule has 2 aromatic carbocycles. The standard InChI is InChI=1S/C21H24FN3O3/c1-13(2)19(24-20(26)16-7-5-6-8-17(16)22)21(27)25-23-12-15-10-9-14(3)18(11-15)28-4/h5-13,19H,1-4H3,(H,24,26)(H,25,27)/b23-12+. The van der Waals surface area contributed by atoms with E-state index >= 15 is 0 Å². The summed E-state index contributed by atoms with van der Waals surface area (Å²) in [5, 5.41) is 6.50. The minimum absolute atomic E-state index is 0.115. The highest BCUT2D eigenvalue weighted by Crippen LogP contribution is 2.17. The van der Waals surface area contributed by atoms with Gasteiger partial charge in [-0.15, -0.1) is 0 Å². The van der Waals surface area contributed by atoms with Crippen LogP contribution in [0, 0.1) is 18.7 Å². The molecule has 2 N–H and O–H groups in total. The molecule has 2 rings (SSSR count). The van der Waals surface area contributed by atoms with Crippen molar-refractivity contribution in [3.05, 3.63) is 65.0 Å². The number of nitrogens with one attached hydrogen (secondary N) is 2. The van der Waals surface area contributed by atoms with Crippen LogP contribution in [0.15, 0.2) is 47.6 Å². The third kappa shape index (κ3) is 5.39. The molecule has 1 unspecified atom stereocenters. The van der Waals surface area contributed by atoms with Gasteiger partial charge in [0, 0.05) is 0 Å². The van der Waals surface area contributed by atoms with Crippen molar-refractivity contribution in [3.63, 3.8) is 0 Å². The summed E-state index contributed by atoms with van der Waals surface area (Å²) < 4.78 is 19.0. The molecule has 0 aliphatic carbocycles. The topological polar surface area (TPSA) is 79.8 Å². The lowest BCUT2D eigenvalue weighted by atomic mass is 10.0. The van der Waals surface area contributed by atoms with Crippen LogP contribution in [0.25, 0.3) is 0 Å². The summed E-state index contributed by atoms with van der Waals surface area (Å²) in [5.74, 6) is -1.29. The zero-order valence-corrected chi connectivity index (χ0v) is 16.3. The van der Waals surface area contributed by atoms with Gasteiger partial charge in [-0.05, 0) is 42.2 Å². The fraction of sp³-hybridized carbons (Fsp3) is 0.286. The van der Waals surface area contributed by atoms with Gasteiger partial charge in [0.2, 0.25) is 0 Å². The third-order valence-corrected chi connectivity index (χ3v) is 4.17. The summed E-state index contributed by atoms with van der Waals surface area (Å²) in [6.45, 7) is 5.48. The number of benzene rings is 2. The van der Waals surface area contributed by atoms with Crippen molar-refractivity contribution < 1.29 is 18.7 Å². The zero-order chi connectivity index (χ0) is 20.7. The van der Waals surface area contributed by atoms with Gasteiger partial charge >= 0.3 is 0 Å². The van der Waals surface area contributed by atoms with Gasteiger partial charge in [-0.1, -0.05) is 38.1 Å². The Balaban J connectivity index is 2.05. The first-order chi connectivity index (χ1) is 13.3. The number of aryl methyl sites for hydroxylation is 1. The SMILES string of the molecule is COc1cc(/C=N/NC(=O)C(NC(=O)c2ccccc2F)C(C)C)ccc1C. The Bertz CT molecular complexity index is 881. The van der Waals surface area contributed by atoms with Crippen LogP contribution in [0.5, 0.6) is 5.75 Å². The largest absolute Gasteiger partial charge is 0.496 e. The Morgan fingerprint density at radius 3 is 2.54 bits per heavy atom. The van der Waals surface area contributed by atoms with Gasteiger partial charge in [-0.2, -0.15) is 5.10 Å². The summed E-state index contributed by atoms with van der Waals surface area (Å²) >= 11 is 0. The number of amides is 2. The van der Waals surface area contributed by atoms with E-state index in [9.17, 15) is 14.0 Å². The van der Waals surface area contributed by atoms with Gasteiger partial charge in [0.25, 0.3) is 11.8 Å². The number of halogens is 1. The predicted octanol–water partition coefficient (Wildman–Crippen LogP) is 3.05. The molecule has 0 spiro atoms. The molecular weight excluding hydrogens is 361 g/mol. The molecule has 0 radical (unpaired) electrons. The van der Waals surface area contributed by atoms with Crippen molar-refractivity contribution in [1.29, 1.82) is 0 Å². The van der Waals surface area contributed by atoms with Crippen molar-refractivity contribution in [2.45, 2.75) is 26.8 Å². The van der Waals surface area contributed by atoms with Crippen molar-refractivity contribution in [2.24, 2.45) is 11.0 Å². The molecule has 0 aliphatic rings. The minimum atomic E-state index is -0.864. The first-order valence-electron chi connectivity index (χ1n) is 8.86. The van der Waals surface area contributed by atoms with Gasteiger partial charge < -0.3 is 10.1 Å². The number of hydrogen-bond donors (Lipinski definition) is 2. The molecule has 0 aliphatic heterocycles. The average Bonchev–Trinajstić information content (AvgIpc) is 2.67. The normalized spacial score (nSPS) is 12.1. The second kappa shape index (κ2) is 9.64. The highest BCUT2D eigenvalue weighted by molar-refractivity contribution is 5.98. The first-order valence-corrected chi connectivity index (χ1v) is 8.86. The number of carbonyl (C=O) groups is 2. The van der Waals surface area contributed by atoms with Crippen molar-refractivity contribution in [2.75, 3.05) is 7.11 Å². The van der Waals surface area contributed by atoms with E-state index < -0.39 is 23.7 Å². The van der Waals surface area contributed by atoms with Crippen LogP contribution >= 0.6 is 0 Å². The number of hydrazone groups is 1. The lowest BCUT2D eigenvalue weighted by Gasteiger charge is -2.20. The third-order valence-electron chi connectivity index (χ3n) is 4.17. The quantitative estimate of drug-likeness (QED) is 0.568. The highest BCUT2D eigenvalue weighted by atomic mass is 19.1. The van der Waals surface area contributed by atoms with E-state index in [1.807, 2.05) is 19.1 Å². The van der Waals surface area contributed by atoms with Gasteiger partial charge in [0.15, 0.2) is 0 Å². The fourth-order valence-corrected chi connectivity index (χ4v) is 2.56. The van der Waals surface area contributed by atoms with Crippen molar-refractivity contribution in [3.8, 4) is 5.75 Å². The molecule has 148 valence electrons. The van der Waals surface area contributed by atoms with E-state index in [0.717, 1.165) is 11.1 Å². The van der Waals surface area contributed by atoms with Crippen LogP contribution in [0.2, 0.25) is 0 Å². The van der Waals surface area contributed by atoms with Crippen LogP contribution in [0.3, 0.4) is 0 Å². The summed E-state index contributed by atoms with van der Waals surface area (Å²) in [6.07, 6.45) is 1.48. The maximum absolute atomic E-state index is 13.8. The number of nitrogens with zero attached hydrogens (tertiary/aromatic N) is 1. The Kier molecular flexibility index (Phi) is 7.26. The maximum Gasteiger partial charge on any atom is 0.262 e. The molecule has 6 nitrogen and oxygen atoms in total. The number of carbonyl (C=O) groups excluding carboxylic acids is 2. The van der Waals surface area contributed by atoms with Crippen LogP contribution in [0.4, 0.5) is 4.39 Å². The Hall–Kier alpha value is -3.22. The van der Waals surface area contributed by atoms with Crippen molar-refractivity contribution >= 4 is 18.0 Å². The molecule has 7 heteroatoms. The molecule has 0 aromatic heterocycles. The van der Waals surface area contributed by atoms with E-state index in [-0.39, 0.29) is 11.5 Å². The first kappa shape index (κ1) is 21.1. The average molecular weight is 385 g/mol. The van der Waals surface area contributed by atoms with Crippen LogP contribution < -0.4 is 15.5 Å². The van der Waals surface area contributed by atoms with Crippen LogP contribution in [-0.2, 0) is 4.79 Å². The fourth-order valence-electron chi connectivity index (χ4n) is 2.56. The summed E-state index contributed by atoms with van der Waals surface area (Å²) in [6, 6.07) is 10.3. The molecule has 2 aromatic rings. The summed E-state index contributed by atoms with van der Waals surface area (Å²) in [7, 11) is 1.58. The second-order valence-corrected chi connectivity index (χ2v) is 6.64. The molecular formula is C21H24FN3O3. The van der Waals surface area contributed by atoms with E-state index in [4.69, 9.17) is 4.74 Å². The van der Waals surface area contributed by atoms with E-state index in [0.29, 0.717) is 5.75 Å². The van der Waals surface area contributed by atoms with Gasteiger partial charge in [-0.25, -0.2) is 9.82 Å². The maximum atomic E-state index is 13.8. The van der Waals surface area contributed by atoms with Gasteiger partial charge in [0.1, 0.15) is 17.6 Å². The molecule has 0 bridgehead atoms. The Morgan fingerprint density at radius 2 is 1.89 bits per heavy atom. The molecule has 0 heterocycles. The molecule has 2 amide bonds. The monoisotopic (exact) mass is 385 g/mol. The smallest absolute Gasteiger partial charge is 0.262 e.